The average Bonchev–Trinajstić information content (AvgIpc) is 3.19. The van der Waals surface area contributed by atoms with Crippen molar-refractivity contribution >= 4 is 23.2 Å². The topological polar surface area (TPSA) is 66.4 Å². The molecule has 6 nitrogen and oxygen atoms in total. The standard InChI is InChI=1S/C18H22N4O2S/c1-13-16(25-12-20-13)5-7-21(2)18(24)15-8-17(23)22(11-15)10-14-4-3-6-19-9-14/h3-4,6,9,12,15H,5,7-8,10-11H2,1-2H3/t15-/m1/s1. The number of carbonyl (C=O) groups is 2. The molecule has 1 atom stereocenters. The van der Waals surface area contributed by atoms with Gasteiger partial charge in [0.2, 0.25) is 11.8 Å². The SMILES string of the molecule is Cc1ncsc1CCN(C)C(=O)[C@@H]1CC(=O)N(Cc2cccnc2)C1. The second kappa shape index (κ2) is 7.74. The summed E-state index contributed by atoms with van der Waals surface area (Å²) in [5.41, 5.74) is 3.85. The molecule has 0 N–H and O–H groups in total. The van der Waals surface area contributed by atoms with Crippen LogP contribution in [-0.2, 0) is 22.6 Å². The van der Waals surface area contributed by atoms with E-state index in [1.807, 2.05) is 31.6 Å². The lowest BCUT2D eigenvalue weighted by Gasteiger charge is -2.21. The maximum Gasteiger partial charge on any atom is 0.227 e. The van der Waals surface area contributed by atoms with E-state index >= 15 is 0 Å². The van der Waals surface area contributed by atoms with Gasteiger partial charge in [-0.2, -0.15) is 0 Å². The van der Waals surface area contributed by atoms with Crippen molar-refractivity contribution in [2.75, 3.05) is 20.1 Å². The fraction of sp³-hybridized carbons (Fsp3) is 0.444. The molecule has 0 unspecified atom stereocenters. The number of likely N-dealkylation sites (N-methyl/N-ethyl adjacent to an activating group) is 1. The maximum absolute atomic E-state index is 12.7. The molecule has 0 spiro atoms. The molecule has 0 bridgehead atoms. The molecule has 3 rings (SSSR count). The molecule has 0 aliphatic carbocycles. The van der Waals surface area contributed by atoms with Crippen LogP contribution >= 0.6 is 11.3 Å². The first kappa shape index (κ1) is 17.5. The van der Waals surface area contributed by atoms with Crippen LogP contribution in [0.4, 0.5) is 0 Å². The minimum Gasteiger partial charge on any atom is -0.345 e. The minimum absolute atomic E-state index is 0.0360. The van der Waals surface area contributed by atoms with E-state index in [4.69, 9.17) is 0 Å². The number of carbonyl (C=O) groups excluding carboxylic acids is 2. The van der Waals surface area contributed by atoms with Crippen LogP contribution < -0.4 is 0 Å². The van der Waals surface area contributed by atoms with Crippen molar-refractivity contribution in [1.82, 2.24) is 19.8 Å². The Morgan fingerprint density at radius 3 is 3.00 bits per heavy atom. The number of aromatic nitrogens is 2. The molecule has 1 aliphatic heterocycles. The van der Waals surface area contributed by atoms with Gasteiger partial charge in [0.15, 0.2) is 0 Å². The number of amides is 2. The van der Waals surface area contributed by atoms with Crippen LogP contribution in [0.5, 0.6) is 0 Å². The van der Waals surface area contributed by atoms with E-state index in [9.17, 15) is 9.59 Å². The van der Waals surface area contributed by atoms with Gasteiger partial charge in [-0.05, 0) is 18.6 Å². The van der Waals surface area contributed by atoms with Crippen LogP contribution in [0.25, 0.3) is 0 Å². The summed E-state index contributed by atoms with van der Waals surface area (Å²) in [6, 6.07) is 3.80. The Hall–Kier alpha value is -2.28. The van der Waals surface area contributed by atoms with E-state index in [0.717, 1.165) is 17.7 Å². The number of pyridine rings is 1. The van der Waals surface area contributed by atoms with E-state index in [1.54, 1.807) is 33.5 Å². The molecule has 0 radical (unpaired) electrons. The monoisotopic (exact) mass is 358 g/mol. The second-order valence-electron chi connectivity index (χ2n) is 6.41. The number of likely N-dealkylation sites (tertiary alicyclic amines) is 1. The summed E-state index contributed by atoms with van der Waals surface area (Å²) in [5.74, 6) is -0.171. The molecular formula is C18H22N4O2S. The molecule has 0 aromatic carbocycles. The molecule has 3 heterocycles. The Morgan fingerprint density at radius 2 is 2.32 bits per heavy atom. The highest BCUT2D eigenvalue weighted by atomic mass is 32.1. The highest BCUT2D eigenvalue weighted by Crippen LogP contribution is 2.22. The Morgan fingerprint density at radius 1 is 1.48 bits per heavy atom. The third-order valence-corrected chi connectivity index (χ3v) is 5.55. The largest absolute Gasteiger partial charge is 0.345 e. The highest BCUT2D eigenvalue weighted by molar-refractivity contribution is 7.09. The number of hydrogen-bond donors (Lipinski definition) is 0. The summed E-state index contributed by atoms with van der Waals surface area (Å²) in [6.45, 7) is 3.63. The van der Waals surface area contributed by atoms with Crippen LogP contribution in [0.3, 0.4) is 0 Å². The van der Waals surface area contributed by atoms with Crippen LogP contribution in [-0.4, -0.2) is 51.7 Å². The number of rotatable bonds is 6. The summed E-state index contributed by atoms with van der Waals surface area (Å²) < 4.78 is 0. The van der Waals surface area contributed by atoms with Gasteiger partial charge in [0.25, 0.3) is 0 Å². The summed E-state index contributed by atoms with van der Waals surface area (Å²) in [4.78, 5) is 37.9. The van der Waals surface area contributed by atoms with Gasteiger partial charge in [-0.25, -0.2) is 4.98 Å². The summed E-state index contributed by atoms with van der Waals surface area (Å²) >= 11 is 1.62. The Bertz CT molecular complexity index is 747. The average molecular weight is 358 g/mol. The number of nitrogens with zero attached hydrogens (tertiary/aromatic N) is 4. The van der Waals surface area contributed by atoms with E-state index < -0.39 is 0 Å². The van der Waals surface area contributed by atoms with Crippen LogP contribution in [0.1, 0.15) is 22.6 Å². The Labute approximate surface area is 151 Å². The van der Waals surface area contributed by atoms with E-state index in [-0.39, 0.29) is 17.7 Å². The van der Waals surface area contributed by atoms with Gasteiger partial charge < -0.3 is 9.80 Å². The molecule has 1 fully saturated rings. The first-order valence-electron chi connectivity index (χ1n) is 8.35. The minimum atomic E-state index is -0.253. The normalized spacial score (nSPS) is 17.1. The molecule has 2 aromatic heterocycles. The zero-order valence-electron chi connectivity index (χ0n) is 14.5. The quantitative estimate of drug-likeness (QED) is 0.791. The lowest BCUT2D eigenvalue weighted by atomic mass is 10.1. The van der Waals surface area contributed by atoms with Crippen molar-refractivity contribution in [2.24, 2.45) is 5.92 Å². The first-order chi connectivity index (χ1) is 12.0. The molecule has 132 valence electrons. The molecule has 7 heteroatoms. The molecule has 0 saturated carbocycles. The van der Waals surface area contributed by atoms with Crippen molar-refractivity contribution in [2.45, 2.75) is 26.3 Å². The first-order valence-corrected chi connectivity index (χ1v) is 9.23. The Kier molecular flexibility index (Phi) is 5.43. The van der Waals surface area contributed by atoms with Crippen LogP contribution in [0, 0.1) is 12.8 Å². The molecule has 1 aliphatic rings. The fourth-order valence-electron chi connectivity index (χ4n) is 3.06. The summed E-state index contributed by atoms with van der Waals surface area (Å²) in [5, 5.41) is 0. The zero-order valence-corrected chi connectivity index (χ0v) is 15.3. The van der Waals surface area contributed by atoms with Gasteiger partial charge in [0.05, 0.1) is 17.1 Å². The third-order valence-electron chi connectivity index (χ3n) is 4.56. The van der Waals surface area contributed by atoms with Gasteiger partial charge in [0, 0.05) is 56.8 Å². The van der Waals surface area contributed by atoms with E-state index in [0.29, 0.717) is 26.1 Å². The zero-order chi connectivity index (χ0) is 17.8. The van der Waals surface area contributed by atoms with Gasteiger partial charge in [-0.1, -0.05) is 6.07 Å². The fourth-order valence-corrected chi connectivity index (χ4v) is 3.83. The van der Waals surface area contributed by atoms with Gasteiger partial charge in [-0.15, -0.1) is 11.3 Å². The molecule has 1 saturated heterocycles. The van der Waals surface area contributed by atoms with Gasteiger partial charge in [0.1, 0.15) is 0 Å². The highest BCUT2D eigenvalue weighted by Gasteiger charge is 2.35. The summed E-state index contributed by atoms with van der Waals surface area (Å²) in [7, 11) is 1.81. The van der Waals surface area contributed by atoms with Crippen LogP contribution in [0.15, 0.2) is 30.0 Å². The maximum atomic E-state index is 12.7. The molecule has 2 aromatic rings. The third kappa shape index (κ3) is 4.22. The van der Waals surface area contributed by atoms with Crippen molar-refractivity contribution in [1.29, 1.82) is 0 Å². The lowest BCUT2D eigenvalue weighted by Crippen LogP contribution is -2.35. The number of aryl methyl sites for hydroxylation is 1. The van der Waals surface area contributed by atoms with Gasteiger partial charge >= 0.3 is 0 Å². The van der Waals surface area contributed by atoms with E-state index in [1.165, 1.54) is 4.88 Å². The Balaban J connectivity index is 1.54. The van der Waals surface area contributed by atoms with Crippen LogP contribution in [0.2, 0.25) is 0 Å². The van der Waals surface area contributed by atoms with Crippen molar-refractivity contribution < 1.29 is 9.59 Å². The smallest absolute Gasteiger partial charge is 0.227 e. The summed E-state index contributed by atoms with van der Waals surface area (Å²) in [6.07, 6.45) is 4.56. The molecular weight excluding hydrogens is 336 g/mol. The van der Waals surface area contributed by atoms with E-state index in [2.05, 4.69) is 9.97 Å². The molecule has 25 heavy (non-hydrogen) atoms. The lowest BCUT2D eigenvalue weighted by molar-refractivity contribution is -0.134. The number of hydrogen-bond acceptors (Lipinski definition) is 5. The van der Waals surface area contributed by atoms with Gasteiger partial charge in [-0.3, -0.25) is 14.6 Å². The predicted molar refractivity (Wildman–Crippen MR) is 96.0 cm³/mol. The second-order valence-corrected chi connectivity index (χ2v) is 7.35. The van der Waals surface area contributed by atoms with Crippen molar-refractivity contribution in [3.05, 3.63) is 46.2 Å². The molecule has 2 amide bonds. The number of thiazole rings is 1. The van der Waals surface area contributed by atoms with Crippen molar-refractivity contribution in [3.63, 3.8) is 0 Å². The van der Waals surface area contributed by atoms with Crippen molar-refractivity contribution in [3.8, 4) is 0 Å². The predicted octanol–water partition coefficient (Wildman–Crippen LogP) is 1.90.